The lowest BCUT2D eigenvalue weighted by Gasteiger charge is -2.36. The largest absolute Gasteiger partial charge is 0.508 e. The molecule has 4 bridgehead atoms. The van der Waals surface area contributed by atoms with Crippen LogP contribution in [-0.2, 0) is 70.4 Å². The number of benzene rings is 2. The number of aliphatic hydroxyl groups is 1. The van der Waals surface area contributed by atoms with Gasteiger partial charge in [0.25, 0.3) is 5.91 Å². The first-order valence-electron chi connectivity index (χ1n) is 27.4. The van der Waals surface area contributed by atoms with Crippen LogP contribution in [0.15, 0.2) is 48.5 Å². The van der Waals surface area contributed by atoms with Gasteiger partial charge >= 0.3 is 5.97 Å². The Balaban J connectivity index is 1.64. The second kappa shape index (κ2) is 29.7. The molecule has 446 valence electrons. The minimum absolute atomic E-state index is 0.00791. The van der Waals surface area contributed by atoms with Crippen molar-refractivity contribution in [1.29, 1.82) is 0 Å². The highest BCUT2D eigenvalue weighted by atomic mass is 32.2. The third-order valence-corrected chi connectivity index (χ3v) is 16.2. The molecule has 6 amide bonds. The second-order valence-electron chi connectivity index (χ2n) is 21.4. The molecule has 2 aromatic carbocycles. The molecule has 13 atom stereocenters. The van der Waals surface area contributed by atoms with Crippen LogP contribution in [0.1, 0.15) is 89.7 Å². The van der Waals surface area contributed by atoms with E-state index in [0.717, 1.165) is 11.8 Å². The van der Waals surface area contributed by atoms with Crippen LogP contribution >= 0.6 is 11.8 Å². The number of aromatic hydroxyl groups is 2. The molecule has 0 aromatic heterocycles. The van der Waals surface area contributed by atoms with E-state index in [0.29, 0.717) is 17.5 Å². The molecular weight excluding hydrogens is 1090 g/mol. The van der Waals surface area contributed by atoms with Crippen LogP contribution in [0.4, 0.5) is 0 Å². The molecule has 0 aliphatic carbocycles. The number of carboxylic acid groups (broad SMARTS) is 1. The highest BCUT2D eigenvalue weighted by Crippen LogP contribution is 2.27. The van der Waals surface area contributed by atoms with Gasteiger partial charge in [-0.2, -0.15) is 11.8 Å². The number of primary amides is 1. The lowest BCUT2D eigenvalue weighted by Crippen LogP contribution is -2.61. The number of fused-ring (bicyclic) bond motifs is 16. The van der Waals surface area contributed by atoms with Crippen LogP contribution in [0.3, 0.4) is 0 Å². The summed E-state index contributed by atoms with van der Waals surface area (Å²) in [6.45, 7) is 3.07. The summed E-state index contributed by atoms with van der Waals surface area (Å²) in [4.78, 5) is 172. The van der Waals surface area contributed by atoms with Crippen LogP contribution in [0.2, 0.25) is 0 Å². The zero-order valence-electron chi connectivity index (χ0n) is 45.9. The van der Waals surface area contributed by atoms with E-state index in [1.165, 1.54) is 62.1 Å². The van der Waals surface area contributed by atoms with Crippen molar-refractivity contribution in [2.24, 2.45) is 11.7 Å². The number of phenols is 2. The Bertz CT molecular complexity index is 2710. The van der Waals surface area contributed by atoms with Crippen LogP contribution in [-0.4, -0.2) is 193 Å². The molecular formula is C55H74N10O16S. The summed E-state index contributed by atoms with van der Waals surface area (Å²) in [5.41, 5.74) is 6.78. The Morgan fingerprint density at radius 2 is 1.45 bits per heavy atom. The van der Waals surface area contributed by atoms with Crippen molar-refractivity contribution in [3.8, 4) is 11.5 Å². The Morgan fingerprint density at radius 3 is 2.09 bits per heavy atom. The van der Waals surface area contributed by atoms with Gasteiger partial charge in [-0.1, -0.05) is 24.3 Å². The van der Waals surface area contributed by atoms with E-state index in [-0.39, 0.29) is 62.3 Å². The number of carbonyl (C=O) groups excluding carboxylic acids is 11. The number of phenolic OH excluding ortho intramolecular Hbond substituents is 2. The van der Waals surface area contributed by atoms with Gasteiger partial charge in [0.1, 0.15) is 29.4 Å². The summed E-state index contributed by atoms with van der Waals surface area (Å²) in [6, 6.07) is -2.88. The number of aliphatic hydroxyl groups excluding tert-OH is 1. The second-order valence-corrected chi connectivity index (χ2v) is 22.4. The van der Waals surface area contributed by atoms with Crippen molar-refractivity contribution in [1.82, 2.24) is 47.4 Å². The lowest BCUT2D eigenvalue weighted by molar-refractivity contribution is -0.142. The number of rotatable bonds is 13. The number of nitrogens with two attached hydrogens (primary N) is 1. The number of amides is 6. The SMILES string of the molecule is CC(=O)[C@H](Cc1ccc(O)cc1)NC1CCC2C(=O)[C@H](Cc3ccc(O)cc3)NC(=O)[C@H](CCC(=O)O)NC3CCC(N[C@@H]([C@@H](C)O)C(=O)NCC1=O)C(=O)[C@H](C)NC(=O)[C@@H]1CCCN1C(=O)[C@H](CC(N)=O)NC2CSCC(=O)C(=O)N3. The number of thioether (sulfide) groups is 1. The topological polar surface area (TPSA) is 411 Å². The summed E-state index contributed by atoms with van der Waals surface area (Å²) >= 11 is 0.852. The zero-order chi connectivity index (χ0) is 59.9. The number of carboxylic acids is 1. The van der Waals surface area contributed by atoms with Gasteiger partial charge in [-0.3, -0.25) is 73.5 Å². The van der Waals surface area contributed by atoms with Crippen molar-refractivity contribution < 1.29 is 78.0 Å². The lowest BCUT2D eigenvalue weighted by atomic mass is 9.83. The van der Waals surface area contributed by atoms with Crippen LogP contribution in [0.25, 0.3) is 0 Å². The molecule has 27 heteroatoms. The van der Waals surface area contributed by atoms with Gasteiger partial charge in [-0.25, -0.2) is 0 Å². The summed E-state index contributed by atoms with van der Waals surface area (Å²) in [6.07, 6.45) is -6.28. The molecule has 26 nitrogen and oxygen atoms in total. The number of hydrogen-bond donors (Lipinski definition) is 13. The fourth-order valence-electron chi connectivity index (χ4n) is 10.7. The Kier molecular flexibility index (Phi) is 23.2. The number of nitrogens with one attached hydrogen (secondary N) is 8. The zero-order valence-corrected chi connectivity index (χ0v) is 46.7. The molecule has 5 unspecified atom stereocenters. The molecule has 14 N–H and O–H groups in total. The molecule has 4 aliphatic heterocycles. The highest BCUT2D eigenvalue weighted by molar-refractivity contribution is 8.00. The van der Waals surface area contributed by atoms with Gasteiger partial charge in [0.15, 0.2) is 17.3 Å². The van der Waals surface area contributed by atoms with Crippen LogP contribution in [0, 0.1) is 5.92 Å². The first-order valence-corrected chi connectivity index (χ1v) is 28.5. The van der Waals surface area contributed by atoms with Crippen molar-refractivity contribution in [3.63, 3.8) is 0 Å². The molecule has 0 spiro atoms. The fraction of sp³-hybridized carbons (Fsp3) is 0.564. The fourth-order valence-corrected chi connectivity index (χ4v) is 11.7. The predicted octanol–water partition coefficient (Wildman–Crippen LogP) is -2.70. The van der Waals surface area contributed by atoms with E-state index in [9.17, 15) is 68.4 Å². The Hall–Kier alpha value is -7.17. The van der Waals surface area contributed by atoms with Crippen molar-refractivity contribution in [2.45, 2.75) is 164 Å². The minimum atomic E-state index is -1.68. The molecule has 4 heterocycles. The van der Waals surface area contributed by atoms with E-state index in [1.54, 1.807) is 12.1 Å². The Morgan fingerprint density at radius 1 is 0.780 bits per heavy atom. The molecule has 2 aromatic rings. The van der Waals surface area contributed by atoms with Crippen LogP contribution in [0.5, 0.6) is 11.5 Å². The van der Waals surface area contributed by atoms with E-state index >= 15 is 9.59 Å². The van der Waals surface area contributed by atoms with Crippen molar-refractivity contribution in [3.05, 3.63) is 59.7 Å². The maximum Gasteiger partial charge on any atom is 0.303 e. The van der Waals surface area contributed by atoms with Gasteiger partial charge in [-0.15, -0.1) is 0 Å². The van der Waals surface area contributed by atoms with Gasteiger partial charge in [0.05, 0.1) is 73.3 Å². The van der Waals surface area contributed by atoms with Gasteiger partial charge in [0, 0.05) is 30.7 Å². The maximum atomic E-state index is 16.0. The number of aliphatic carboxylic acids is 1. The molecule has 6 rings (SSSR count). The molecule has 0 radical (unpaired) electrons. The number of ketones is 5. The monoisotopic (exact) mass is 1160 g/mol. The van der Waals surface area contributed by atoms with Crippen molar-refractivity contribution >= 4 is 82.1 Å². The number of nitrogens with zero attached hydrogens (tertiary/aromatic N) is 1. The third kappa shape index (κ3) is 17.9. The highest BCUT2D eigenvalue weighted by Gasteiger charge is 2.44. The van der Waals surface area contributed by atoms with Crippen LogP contribution < -0.4 is 48.3 Å². The van der Waals surface area contributed by atoms with E-state index in [1.807, 2.05) is 0 Å². The average Bonchev–Trinajstić information content (AvgIpc) is 4.01. The summed E-state index contributed by atoms with van der Waals surface area (Å²) in [5, 5.41) is 64.0. The summed E-state index contributed by atoms with van der Waals surface area (Å²) in [5.74, 6) is -13.4. The quantitative estimate of drug-likeness (QED) is 0.0908. The normalized spacial score (nSPS) is 28.8. The van der Waals surface area contributed by atoms with E-state index < -0.39 is 187 Å². The summed E-state index contributed by atoms with van der Waals surface area (Å²) < 4.78 is 0. The van der Waals surface area contributed by atoms with Gasteiger partial charge in [-0.05, 0) is 114 Å². The first kappa shape index (κ1) is 64.0. The number of Topliss-reactive ketones (excluding diaryl/α,β-unsaturated/α-hetero) is 5. The standard InChI is InChI=1S/C55H74N10O16S/c1-27-49(75)36-16-18-46-61-37(17-19-47(73)74)51(77)63-39(22-31-8-12-33(69)13-9-31)50(76)34(41(25-82-26-44(71)53(79)64-46)60-40(23-45(56)72)55(81)65-20-4-5-42(65)52(78)58-27)14-15-35(43(70)24-57-54(80)48(62-36)29(3)67)59-38(28(2)66)21-30-6-10-32(68)11-7-30/h6-13,27,29,34-42,46,48,59-62,67-69H,4-5,14-26H2,1-3H3,(H2,56,72)(H,57,80)(H,58,78)(H,63,77)(H,64,79)(H,73,74)/t27-,29+,34?,35?,36?,37-,38-,39-,40-,41?,42-,46?,48-/m0/s1. The number of carbonyl (C=O) groups is 12. The average molecular weight is 1160 g/mol. The van der Waals surface area contributed by atoms with E-state index in [2.05, 4.69) is 42.5 Å². The third-order valence-electron chi connectivity index (χ3n) is 15.2. The first-order chi connectivity index (χ1) is 38.9. The van der Waals surface area contributed by atoms with Gasteiger partial charge in [0.2, 0.25) is 35.3 Å². The van der Waals surface area contributed by atoms with E-state index in [4.69, 9.17) is 5.73 Å². The summed E-state index contributed by atoms with van der Waals surface area (Å²) in [7, 11) is 0. The molecule has 4 fully saturated rings. The van der Waals surface area contributed by atoms with Gasteiger partial charge < -0.3 is 57.6 Å². The number of hydrogen-bond acceptors (Lipinski definition) is 20. The molecule has 82 heavy (non-hydrogen) atoms. The molecule has 4 saturated heterocycles. The minimum Gasteiger partial charge on any atom is -0.508 e. The maximum absolute atomic E-state index is 16.0. The Labute approximate surface area is 477 Å². The molecule has 4 aliphatic rings. The molecule has 0 saturated carbocycles. The van der Waals surface area contributed by atoms with Crippen molar-refractivity contribution in [2.75, 3.05) is 24.6 Å². The smallest absolute Gasteiger partial charge is 0.303 e. The predicted molar refractivity (Wildman–Crippen MR) is 294 cm³/mol.